The van der Waals surface area contributed by atoms with Gasteiger partial charge in [-0.1, -0.05) is 64.3 Å². The number of aromatic nitrogens is 2. The Morgan fingerprint density at radius 3 is 2.61 bits per heavy atom. The second kappa shape index (κ2) is 14.7. The smallest absolute Gasteiger partial charge is 0.259 e. The van der Waals surface area contributed by atoms with E-state index >= 15 is 0 Å². The van der Waals surface area contributed by atoms with Crippen LogP contribution in [0.5, 0.6) is 11.5 Å². The van der Waals surface area contributed by atoms with E-state index in [4.69, 9.17) is 31.0 Å². The van der Waals surface area contributed by atoms with Gasteiger partial charge in [0.05, 0.1) is 30.1 Å². The largest absolute Gasteiger partial charge is 0.495 e. The van der Waals surface area contributed by atoms with Gasteiger partial charge < -0.3 is 19.7 Å². The van der Waals surface area contributed by atoms with E-state index in [1.807, 2.05) is 43.5 Å². The normalized spacial score (nSPS) is 26.6. The van der Waals surface area contributed by atoms with Crippen molar-refractivity contribution in [3.63, 3.8) is 0 Å². The van der Waals surface area contributed by atoms with Crippen LogP contribution in [0.2, 0.25) is 5.02 Å². The van der Waals surface area contributed by atoms with Gasteiger partial charge in [-0.05, 0) is 56.6 Å². The third-order valence-corrected chi connectivity index (χ3v) is 14.2. The monoisotopic (exact) mass is 797 g/mol. The number of ether oxygens (including phenoxy) is 2. The number of hydrogen-bond donors (Lipinski definition) is 2. The first-order valence-corrected chi connectivity index (χ1v) is 21.6. The lowest BCUT2D eigenvalue weighted by Gasteiger charge is -2.33. The summed E-state index contributed by atoms with van der Waals surface area (Å²) in [5.74, 6) is -0.671. The highest BCUT2D eigenvalue weighted by Gasteiger charge is 2.62. The molecule has 3 fully saturated rings. The molecule has 4 heterocycles. The van der Waals surface area contributed by atoms with E-state index < -0.39 is 50.2 Å². The molecule has 1 aromatic carbocycles. The molecule has 0 bridgehead atoms. The number of amides is 3. The first kappa shape index (κ1) is 38.5. The number of nitrogens with zero attached hydrogens (tertiary/aromatic N) is 3. The quantitative estimate of drug-likeness (QED) is 0.242. The topological polar surface area (TPSA) is 157 Å². The molecule has 0 radical (unpaired) electrons. The standard InChI is InChI=1S/C39H48ClN5O7S2/c1-22(2)28-21-53-35(42-28)27-18-31(26-14-15-30(51-5)32(40)33(26)41-27)52-24-17-29-34(46)43-39(36(47)44-54(49,50)25-12-13-25)19-23(39)11-9-7-6-8-10-16-38(3,4)37(48)45(29)20-24/h9,11,14-15,18,21-25,29H,6-8,10,12-13,16-17,19-20H2,1-5H3,(H,43,46)(H,44,47)/b11-9-. The summed E-state index contributed by atoms with van der Waals surface area (Å²) in [5.41, 5.74) is -0.233. The van der Waals surface area contributed by atoms with Crippen LogP contribution in [0, 0.1) is 11.3 Å². The SMILES string of the molecule is COc1ccc2c(OC3CC4C(=O)NC5(C(=O)NS(=O)(=O)C6CC6)CC5/C=C\CCCCCC(C)(C)C(=O)N4C3)cc(-c3nc(C(C)C)cs3)nc2c1Cl. The molecule has 1 saturated heterocycles. The van der Waals surface area contributed by atoms with Crippen LogP contribution in [0.4, 0.5) is 0 Å². The summed E-state index contributed by atoms with van der Waals surface area (Å²) >= 11 is 8.29. The average Bonchev–Trinajstić information content (AvgIpc) is 4.00. The summed E-state index contributed by atoms with van der Waals surface area (Å²) in [7, 11) is -2.32. The summed E-state index contributed by atoms with van der Waals surface area (Å²) in [6.07, 6.45) is 8.82. The number of hydrogen-bond acceptors (Lipinski definition) is 10. The van der Waals surface area contributed by atoms with Gasteiger partial charge in [0, 0.05) is 34.6 Å². The predicted octanol–water partition coefficient (Wildman–Crippen LogP) is 6.52. The Morgan fingerprint density at radius 2 is 1.91 bits per heavy atom. The van der Waals surface area contributed by atoms with E-state index in [0.29, 0.717) is 57.4 Å². The minimum absolute atomic E-state index is 0.122. The second-order valence-corrected chi connectivity index (χ2v) is 19.2. The molecule has 12 nitrogen and oxygen atoms in total. The van der Waals surface area contributed by atoms with E-state index in [1.54, 1.807) is 11.0 Å². The lowest BCUT2D eigenvalue weighted by Crippen LogP contribution is -2.57. The minimum atomic E-state index is -3.85. The maximum absolute atomic E-state index is 14.4. The van der Waals surface area contributed by atoms with Crippen LogP contribution in [0.1, 0.15) is 97.1 Å². The number of rotatable bonds is 8. The first-order valence-electron chi connectivity index (χ1n) is 18.8. The van der Waals surface area contributed by atoms with Crippen molar-refractivity contribution < 1.29 is 32.3 Å². The molecule has 4 atom stereocenters. The number of halogens is 1. The zero-order chi connectivity index (χ0) is 38.6. The van der Waals surface area contributed by atoms with Gasteiger partial charge >= 0.3 is 0 Å². The Balaban J connectivity index is 1.23. The molecule has 4 unspecified atom stereocenters. The van der Waals surface area contributed by atoms with Crippen molar-refractivity contribution in [2.24, 2.45) is 11.3 Å². The van der Waals surface area contributed by atoms with Gasteiger partial charge in [0.2, 0.25) is 21.8 Å². The molecule has 7 rings (SSSR count). The number of fused-ring (bicyclic) bond motifs is 3. The average molecular weight is 798 g/mol. The number of methoxy groups -OCH3 is 1. The van der Waals surface area contributed by atoms with E-state index in [1.165, 1.54) is 18.4 Å². The molecule has 2 saturated carbocycles. The first-order chi connectivity index (χ1) is 25.6. The molecule has 2 aliphatic heterocycles. The fourth-order valence-electron chi connectivity index (χ4n) is 7.51. The van der Waals surface area contributed by atoms with E-state index in [9.17, 15) is 22.8 Å². The fourth-order valence-corrected chi connectivity index (χ4v) is 10.1. The number of sulfonamides is 1. The lowest BCUT2D eigenvalue weighted by molar-refractivity contribution is -0.146. The van der Waals surface area contributed by atoms with Gasteiger partial charge in [0.25, 0.3) is 5.91 Å². The minimum Gasteiger partial charge on any atom is -0.495 e. The van der Waals surface area contributed by atoms with Crippen molar-refractivity contribution in [1.82, 2.24) is 24.9 Å². The van der Waals surface area contributed by atoms with Crippen molar-refractivity contribution in [3.8, 4) is 22.2 Å². The van der Waals surface area contributed by atoms with Gasteiger partial charge in [-0.25, -0.2) is 18.4 Å². The van der Waals surface area contributed by atoms with E-state index in [0.717, 1.165) is 31.4 Å². The van der Waals surface area contributed by atoms with Crippen LogP contribution in [0.15, 0.2) is 35.7 Å². The Labute approximate surface area is 325 Å². The zero-order valence-corrected chi connectivity index (χ0v) is 33.7. The van der Waals surface area contributed by atoms with Crippen LogP contribution < -0.4 is 19.5 Å². The van der Waals surface area contributed by atoms with Crippen LogP contribution >= 0.6 is 22.9 Å². The summed E-state index contributed by atoms with van der Waals surface area (Å²) in [6.45, 7) is 8.08. The van der Waals surface area contributed by atoms with E-state index in [-0.39, 0.29) is 37.1 Å². The van der Waals surface area contributed by atoms with Crippen molar-refractivity contribution in [2.45, 2.75) is 114 Å². The highest BCUT2D eigenvalue weighted by molar-refractivity contribution is 7.91. The number of benzene rings is 1. The molecular formula is C39H48ClN5O7S2. The van der Waals surface area contributed by atoms with Crippen LogP contribution in [0.3, 0.4) is 0 Å². The highest BCUT2D eigenvalue weighted by Crippen LogP contribution is 2.47. The van der Waals surface area contributed by atoms with Crippen LogP contribution in [0.25, 0.3) is 21.6 Å². The van der Waals surface area contributed by atoms with E-state index in [2.05, 4.69) is 23.9 Å². The Hall–Kier alpha value is -3.75. The number of thiazole rings is 1. The predicted molar refractivity (Wildman–Crippen MR) is 208 cm³/mol. The Morgan fingerprint density at radius 1 is 1.13 bits per heavy atom. The van der Waals surface area contributed by atoms with Gasteiger partial charge in [-0.3, -0.25) is 19.1 Å². The van der Waals surface area contributed by atoms with Crippen molar-refractivity contribution >= 4 is 61.6 Å². The summed E-state index contributed by atoms with van der Waals surface area (Å²) < 4.78 is 40.2. The van der Waals surface area contributed by atoms with Crippen molar-refractivity contribution in [2.75, 3.05) is 13.7 Å². The van der Waals surface area contributed by atoms with Gasteiger partial charge in [0.15, 0.2) is 0 Å². The lowest BCUT2D eigenvalue weighted by atomic mass is 9.85. The summed E-state index contributed by atoms with van der Waals surface area (Å²) in [6, 6.07) is 4.41. The maximum atomic E-state index is 14.4. The maximum Gasteiger partial charge on any atom is 0.259 e. The number of carbonyl (C=O) groups is 3. The van der Waals surface area contributed by atoms with Gasteiger partial charge in [-0.2, -0.15) is 0 Å². The molecule has 3 aromatic rings. The number of pyridine rings is 1. The Kier molecular flexibility index (Phi) is 10.5. The molecule has 2 N–H and O–H groups in total. The molecular weight excluding hydrogens is 750 g/mol. The second-order valence-electron chi connectivity index (χ2n) is 16.0. The Bertz CT molecular complexity index is 2110. The van der Waals surface area contributed by atoms with Gasteiger partial charge in [0.1, 0.15) is 44.9 Å². The zero-order valence-electron chi connectivity index (χ0n) is 31.3. The van der Waals surface area contributed by atoms with Crippen molar-refractivity contribution in [1.29, 1.82) is 0 Å². The molecule has 2 aliphatic carbocycles. The fraction of sp³-hybridized carbons (Fsp3) is 0.564. The third kappa shape index (κ3) is 7.58. The van der Waals surface area contributed by atoms with Crippen molar-refractivity contribution in [3.05, 3.63) is 46.4 Å². The molecule has 2 aromatic heterocycles. The number of carbonyl (C=O) groups excluding carboxylic acids is 3. The molecule has 3 amide bonds. The highest BCUT2D eigenvalue weighted by atomic mass is 35.5. The molecule has 54 heavy (non-hydrogen) atoms. The molecule has 0 spiro atoms. The number of allylic oxidation sites excluding steroid dienone is 1. The third-order valence-electron chi connectivity index (χ3n) is 11.1. The molecule has 15 heteroatoms. The molecule has 4 aliphatic rings. The van der Waals surface area contributed by atoms with Crippen LogP contribution in [-0.2, 0) is 24.4 Å². The van der Waals surface area contributed by atoms with Crippen LogP contribution in [-0.4, -0.2) is 77.6 Å². The van der Waals surface area contributed by atoms with Gasteiger partial charge in [-0.15, -0.1) is 11.3 Å². The summed E-state index contributed by atoms with van der Waals surface area (Å²) in [4.78, 5) is 53.8. The number of nitrogens with one attached hydrogen (secondary N) is 2. The summed E-state index contributed by atoms with van der Waals surface area (Å²) in [5, 5.41) is 6.00. The molecule has 290 valence electrons.